The molecule has 0 amide bonds. The van der Waals surface area contributed by atoms with Crippen LogP contribution in [0, 0.1) is 10.6 Å². The zero-order chi connectivity index (χ0) is 22.9. The van der Waals surface area contributed by atoms with Crippen LogP contribution in [0.4, 0.5) is 10.1 Å². The number of rotatable bonds is 5. The third kappa shape index (κ3) is 4.19. The van der Waals surface area contributed by atoms with Crippen LogP contribution in [0.2, 0.25) is 0 Å². The number of aromatic amines is 1. The van der Waals surface area contributed by atoms with E-state index in [2.05, 4.69) is 26.0 Å². The second-order valence-electron chi connectivity index (χ2n) is 8.05. The topological polar surface area (TPSA) is 75.0 Å². The SMILES string of the molecule is CCn1c(=O)[nH]c2cc(CN3CCN(c4ccc(-n5cccn5)nc4F)CC3)ccc2c1=S. The van der Waals surface area contributed by atoms with Crippen molar-refractivity contribution >= 4 is 28.8 Å². The van der Waals surface area contributed by atoms with Crippen molar-refractivity contribution in [1.82, 2.24) is 29.2 Å². The molecule has 0 atom stereocenters. The second-order valence-corrected chi connectivity index (χ2v) is 8.44. The molecule has 1 fully saturated rings. The summed E-state index contributed by atoms with van der Waals surface area (Å²) in [5, 5.41) is 4.97. The highest BCUT2D eigenvalue weighted by Crippen LogP contribution is 2.22. The van der Waals surface area contributed by atoms with E-state index in [1.807, 2.05) is 24.0 Å². The first-order valence-electron chi connectivity index (χ1n) is 10.9. The fourth-order valence-electron chi connectivity index (χ4n) is 4.28. The van der Waals surface area contributed by atoms with Crippen molar-refractivity contribution in [1.29, 1.82) is 0 Å². The Hall–Kier alpha value is -3.37. The number of H-pyrrole nitrogens is 1. The van der Waals surface area contributed by atoms with Crippen LogP contribution in [0.15, 0.2) is 53.6 Å². The van der Waals surface area contributed by atoms with Crippen molar-refractivity contribution in [3.8, 4) is 5.82 Å². The molecule has 0 radical (unpaired) electrons. The Kier molecular flexibility index (Phi) is 5.77. The van der Waals surface area contributed by atoms with E-state index in [-0.39, 0.29) is 5.69 Å². The van der Waals surface area contributed by atoms with Crippen molar-refractivity contribution in [2.24, 2.45) is 0 Å². The van der Waals surface area contributed by atoms with Gasteiger partial charge in [-0.05, 0) is 42.8 Å². The number of pyridine rings is 1. The van der Waals surface area contributed by atoms with Crippen LogP contribution >= 0.6 is 12.2 Å². The van der Waals surface area contributed by atoms with Gasteiger partial charge in [0.1, 0.15) is 4.64 Å². The Balaban J connectivity index is 1.27. The highest BCUT2D eigenvalue weighted by atomic mass is 32.1. The van der Waals surface area contributed by atoms with Crippen molar-refractivity contribution in [3.63, 3.8) is 0 Å². The van der Waals surface area contributed by atoms with Crippen LogP contribution in [0.3, 0.4) is 0 Å². The molecule has 0 bridgehead atoms. The molecule has 3 aromatic heterocycles. The fraction of sp³-hybridized carbons (Fsp3) is 0.304. The van der Waals surface area contributed by atoms with Gasteiger partial charge in [0.2, 0.25) is 5.95 Å². The maximum absolute atomic E-state index is 14.7. The number of hydrogen-bond acceptors (Lipinski definition) is 6. The van der Waals surface area contributed by atoms with Crippen LogP contribution < -0.4 is 10.6 Å². The van der Waals surface area contributed by atoms with E-state index in [1.165, 1.54) is 4.68 Å². The zero-order valence-corrected chi connectivity index (χ0v) is 19.1. The highest BCUT2D eigenvalue weighted by molar-refractivity contribution is 7.71. The number of nitrogens with one attached hydrogen (secondary N) is 1. The van der Waals surface area contributed by atoms with E-state index < -0.39 is 5.95 Å². The van der Waals surface area contributed by atoms with Gasteiger partial charge < -0.3 is 9.88 Å². The van der Waals surface area contributed by atoms with Gasteiger partial charge in [0.15, 0.2) is 5.82 Å². The summed E-state index contributed by atoms with van der Waals surface area (Å²) in [4.78, 5) is 23.6. The predicted molar refractivity (Wildman–Crippen MR) is 128 cm³/mol. The summed E-state index contributed by atoms with van der Waals surface area (Å²) < 4.78 is 18.4. The fourth-order valence-corrected chi connectivity index (χ4v) is 4.67. The maximum Gasteiger partial charge on any atom is 0.326 e. The van der Waals surface area contributed by atoms with Crippen LogP contribution in [-0.2, 0) is 13.1 Å². The lowest BCUT2D eigenvalue weighted by molar-refractivity contribution is 0.249. The van der Waals surface area contributed by atoms with Crippen LogP contribution in [0.25, 0.3) is 16.7 Å². The summed E-state index contributed by atoms with van der Waals surface area (Å²) >= 11 is 5.47. The molecule has 1 saturated heterocycles. The molecule has 5 rings (SSSR count). The number of nitrogens with zero attached hydrogens (tertiary/aromatic N) is 6. The molecule has 8 nitrogen and oxygen atoms in total. The molecule has 1 N–H and O–H groups in total. The molecule has 170 valence electrons. The Bertz CT molecular complexity index is 1400. The van der Waals surface area contributed by atoms with Gasteiger partial charge >= 0.3 is 5.69 Å². The lowest BCUT2D eigenvalue weighted by Crippen LogP contribution is -2.46. The van der Waals surface area contributed by atoms with Gasteiger partial charge in [-0.1, -0.05) is 18.3 Å². The first-order chi connectivity index (χ1) is 16.0. The molecule has 4 aromatic rings. The quantitative estimate of drug-likeness (QED) is 0.361. The normalized spacial score (nSPS) is 14.8. The minimum atomic E-state index is -0.487. The summed E-state index contributed by atoms with van der Waals surface area (Å²) in [6.45, 7) is 6.20. The zero-order valence-electron chi connectivity index (χ0n) is 18.2. The van der Waals surface area contributed by atoms with Crippen molar-refractivity contribution in [3.05, 3.63) is 75.4 Å². The number of hydrogen-bond donors (Lipinski definition) is 1. The van der Waals surface area contributed by atoms with E-state index in [0.717, 1.165) is 36.1 Å². The molecule has 10 heteroatoms. The maximum atomic E-state index is 14.7. The van der Waals surface area contributed by atoms with E-state index in [0.29, 0.717) is 35.8 Å². The molecule has 0 saturated carbocycles. The molecule has 1 aromatic carbocycles. The standard InChI is InChI=1S/C23H24FN7OS/c1-2-30-22(33)17-5-4-16(14-18(17)26-23(30)32)15-28-10-12-29(13-11-28)19-6-7-20(27-21(19)24)31-9-3-8-25-31/h3-9,14H,2,10-13,15H2,1H3,(H,26,32). The smallest absolute Gasteiger partial charge is 0.326 e. The summed E-state index contributed by atoms with van der Waals surface area (Å²) in [6.07, 6.45) is 3.37. The van der Waals surface area contributed by atoms with Gasteiger partial charge in [-0.3, -0.25) is 9.47 Å². The third-order valence-electron chi connectivity index (χ3n) is 6.04. The Morgan fingerprint density at radius 2 is 1.97 bits per heavy atom. The second kappa shape index (κ2) is 8.87. The lowest BCUT2D eigenvalue weighted by atomic mass is 10.1. The van der Waals surface area contributed by atoms with Crippen molar-refractivity contribution in [2.45, 2.75) is 20.0 Å². The average molecular weight is 466 g/mol. The van der Waals surface area contributed by atoms with Gasteiger partial charge in [-0.2, -0.15) is 14.5 Å². The van der Waals surface area contributed by atoms with E-state index in [4.69, 9.17) is 12.2 Å². The van der Waals surface area contributed by atoms with E-state index in [9.17, 15) is 9.18 Å². The first kappa shape index (κ1) is 21.5. The minimum Gasteiger partial charge on any atom is -0.365 e. The largest absolute Gasteiger partial charge is 0.365 e. The average Bonchev–Trinajstić information content (AvgIpc) is 3.35. The van der Waals surface area contributed by atoms with E-state index >= 15 is 0 Å². The monoisotopic (exact) mass is 465 g/mol. The molecule has 0 unspecified atom stereocenters. The Morgan fingerprint density at radius 3 is 2.67 bits per heavy atom. The molecule has 4 heterocycles. The summed E-state index contributed by atoms with van der Waals surface area (Å²) in [7, 11) is 0. The Morgan fingerprint density at radius 1 is 1.15 bits per heavy atom. The molecule has 1 aliphatic rings. The minimum absolute atomic E-state index is 0.185. The van der Waals surface area contributed by atoms with Crippen molar-refractivity contribution in [2.75, 3.05) is 31.1 Å². The summed E-state index contributed by atoms with van der Waals surface area (Å²) in [5.41, 5.74) is 2.19. The third-order valence-corrected chi connectivity index (χ3v) is 6.48. The Labute approximate surface area is 194 Å². The molecular weight excluding hydrogens is 441 g/mol. The number of benzene rings is 1. The molecule has 33 heavy (non-hydrogen) atoms. The summed E-state index contributed by atoms with van der Waals surface area (Å²) in [5.74, 6) is -0.0279. The lowest BCUT2D eigenvalue weighted by Gasteiger charge is -2.36. The van der Waals surface area contributed by atoms with E-state index in [1.54, 1.807) is 35.2 Å². The number of aromatic nitrogens is 5. The van der Waals surface area contributed by atoms with Crippen LogP contribution in [0.1, 0.15) is 12.5 Å². The van der Waals surface area contributed by atoms with Gasteiger partial charge in [-0.25, -0.2) is 9.48 Å². The molecule has 0 aliphatic carbocycles. The first-order valence-corrected chi connectivity index (χ1v) is 11.3. The number of halogens is 1. The van der Waals surface area contributed by atoms with Gasteiger partial charge in [0, 0.05) is 57.0 Å². The van der Waals surface area contributed by atoms with Crippen LogP contribution in [-0.4, -0.2) is 55.4 Å². The van der Waals surface area contributed by atoms with Gasteiger partial charge in [0.25, 0.3) is 0 Å². The number of piperazine rings is 1. The summed E-state index contributed by atoms with van der Waals surface area (Å²) in [6, 6.07) is 11.4. The molecular formula is C23H24FN7OS. The van der Waals surface area contributed by atoms with Crippen molar-refractivity contribution < 1.29 is 4.39 Å². The molecule has 1 aliphatic heterocycles. The predicted octanol–water partition coefficient (Wildman–Crippen LogP) is 3.12. The van der Waals surface area contributed by atoms with Gasteiger partial charge in [0.05, 0.1) is 11.2 Å². The number of anilines is 1. The molecule has 0 spiro atoms. The van der Waals surface area contributed by atoms with Gasteiger partial charge in [-0.15, -0.1) is 0 Å². The highest BCUT2D eigenvalue weighted by Gasteiger charge is 2.21. The van der Waals surface area contributed by atoms with Crippen LogP contribution in [0.5, 0.6) is 0 Å². The number of fused-ring (bicyclic) bond motifs is 1.